The summed E-state index contributed by atoms with van der Waals surface area (Å²) >= 11 is 0. The number of aliphatic hydroxyl groups is 2. The van der Waals surface area contributed by atoms with Gasteiger partial charge in [-0.1, -0.05) is 13.8 Å². The standard InChI is InChI=1S/C36H64N2O15/c1-13-26(41)52-25-18-27(42)48-20(3)14-15-38(9)35(44)31(50-22(5)39)19(2)16-24(17-28(45-10)46-11)32(33(25)47-12)53-36-34(51-23(6)40)29(37(7)8)30(43)21(4)49-36/h19-21,24-25,28-36,43-44H,13-18H2,1-12H3/t19-,20-,21-,24-,25-,29+,30-,31-,32+,33+,34-,35?,36+/m1/s1. The summed E-state index contributed by atoms with van der Waals surface area (Å²) in [5.41, 5.74) is 0. The second-order valence-electron chi connectivity index (χ2n) is 14.3. The highest BCUT2D eigenvalue weighted by atomic mass is 16.7. The van der Waals surface area contributed by atoms with E-state index in [-0.39, 0.29) is 25.8 Å². The van der Waals surface area contributed by atoms with E-state index in [1.54, 1.807) is 51.7 Å². The smallest absolute Gasteiger partial charge is 0.309 e. The van der Waals surface area contributed by atoms with Gasteiger partial charge in [0.15, 0.2) is 18.7 Å². The van der Waals surface area contributed by atoms with E-state index in [2.05, 4.69) is 0 Å². The molecular weight excluding hydrogens is 700 g/mol. The Balaban J connectivity index is 2.91. The predicted molar refractivity (Wildman–Crippen MR) is 188 cm³/mol. The number of hydrogen-bond donors (Lipinski definition) is 2. The van der Waals surface area contributed by atoms with Gasteiger partial charge in [-0.05, 0) is 59.7 Å². The molecule has 2 aliphatic heterocycles. The lowest BCUT2D eigenvalue weighted by atomic mass is 9.81. The summed E-state index contributed by atoms with van der Waals surface area (Å²) < 4.78 is 53.5. The Morgan fingerprint density at radius 2 is 1.55 bits per heavy atom. The third-order valence-electron chi connectivity index (χ3n) is 9.87. The largest absolute Gasteiger partial charge is 0.463 e. The van der Waals surface area contributed by atoms with Crippen molar-refractivity contribution in [2.75, 3.05) is 49.0 Å². The Kier molecular flexibility index (Phi) is 19.5. The van der Waals surface area contributed by atoms with Crippen LogP contribution in [0.1, 0.15) is 73.6 Å². The lowest BCUT2D eigenvalue weighted by Gasteiger charge is -2.48. The average molecular weight is 765 g/mol. The second-order valence-corrected chi connectivity index (χ2v) is 14.3. The quantitative estimate of drug-likeness (QED) is 0.163. The van der Waals surface area contributed by atoms with Crippen LogP contribution in [0.3, 0.4) is 0 Å². The van der Waals surface area contributed by atoms with E-state index < -0.39 is 116 Å². The average Bonchev–Trinajstić information content (AvgIpc) is 3.08. The highest BCUT2D eigenvalue weighted by Crippen LogP contribution is 2.37. The molecule has 2 heterocycles. The molecule has 0 aromatic heterocycles. The number of methoxy groups -OCH3 is 3. The molecule has 53 heavy (non-hydrogen) atoms. The molecule has 2 rings (SSSR count). The van der Waals surface area contributed by atoms with Gasteiger partial charge in [0.25, 0.3) is 0 Å². The van der Waals surface area contributed by atoms with E-state index in [1.807, 2.05) is 6.92 Å². The van der Waals surface area contributed by atoms with E-state index >= 15 is 0 Å². The van der Waals surface area contributed by atoms with Crippen molar-refractivity contribution in [2.24, 2.45) is 11.8 Å². The van der Waals surface area contributed by atoms with Gasteiger partial charge in [-0.15, -0.1) is 0 Å². The van der Waals surface area contributed by atoms with Gasteiger partial charge >= 0.3 is 23.9 Å². The van der Waals surface area contributed by atoms with E-state index in [9.17, 15) is 29.4 Å². The first kappa shape index (κ1) is 46.7. The summed E-state index contributed by atoms with van der Waals surface area (Å²) in [4.78, 5) is 54.6. The number of aliphatic hydroxyl groups excluding tert-OH is 2. The molecule has 0 bridgehead atoms. The molecule has 2 saturated heterocycles. The minimum atomic E-state index is -1.31. The summed E-state index contributed by atoms with van der Waals surface area (Å²) in [6, 6.07) is -0.775. The number of nitrogens with zero attached hydrogens (tertiary/aromatic N) is 2. The van der Waals surface area contributed by atoms with Crippen molar-refractivity contribution >= 4 is 23.9 Å². The van der Waals surface area contributed by atoms with Crippen LogP contribution >= 0.6 is 0 Å². The maximum atomic E-state index is 13.5. The highest BCUT2D eigenvalue weighted by molar-refractivity contribution is 5.72. The van der Waals surface area contributed by atoms with Crippen LogP contribution in [0, 0.1) is 11.8 Å². The number of likely N-dealkylation sites (N-methyl/N-ethyl adjacent to an activating group) is 2. The molecular formula is C36H64N2O15. The van der Waals surface area contributed by atoms with Crippen molar-refractivity contribution in [3.05, 3.63) is 0 Å². The topological polar surface area (TPSA) is 198 Å². The third kappa shape index (κ3) is 13.6. The van der Waals surface area contributed by atoms with Crippen LogP contribution in [0.2, 0.25) is 0 Å². The summed E-state index contributed by atoms with van der Waals surface area (Å²) in [5.74, 6) is -3.78. The van der Waals surface area contributed by atoms with Crippen LogP contribution in [-0.2, 0) is 61.8 Å². The monoisotopic (exact) mass is 764 g/mol. The first-order valence-electron chi connectivity index (χ1n) is 18.2. The zero-order valence-corrected chi connectivity index (χ0v) is 33.4. The fourth-order valence-corrected chi connectivity index (χ4v) is 7.05. The number of cyclic esters (lactones) is 1. The maximum absolute atomic E-state index is 13.5. The molecule has 2 aliphatic rings. The van der Waals surface area contributed by atoms with Gasteiger partial charge in [0, 0.05) is 54.6 Å². The molecule has 2 fully saturated rings. The Labute approximate surface area is 313 Å². The summed E-state index contributed by atoms with van der Waals surface area (Å²) in [6.45, 7) is 9.55. The van der Waals surface area contributed by atoms with Gasteiger partial charge in [-0.25, -0.2) is 0 Å². The van der Waals surface area contributed by atoms with Gasteiger partial charge in [0.05, 0.1) is 30.8 Å². The molecule has 13 atom stereocenters. The molecule has 1 unspecified atom stereocenters. The van der Waals surface area contributed by atoms with Crippen molar-refractivity contribution in [1.82, 2.24) is 9.80 Å². The van der Waals surface area contributed by atoms with Crippen molar-refractivity contribution in [1.29, 1.82) is 0 Å². The zero-order valence-electron chi connectivity index (χ0n) is 33.4. The lowest BCUT2D eigenvalue weighted by molar-refractivity contribution is -0.314. The van der Waals surface area contributed by atoms with E-state index in [0.717, 1.165) is 0 Å². The van der Waals surface area contributed by atoms with Crippen LogP contribution in [-0.4, -0.2) is 167 Å². The van der Waals surface area contributed by atoms with E-state index in [1.165, 1.54) is 35.2 Å². The lowest BCUT2D eigenvalue weighted by Crippen LogP contribution is -2.64. The molecule has 0 aromatic rings. The van der Waals surface area contributed by atoms with Gasteiger partial charge in [0.2, 0.25) is 0 Å². The Morgan fingerprint density at radius 3 is 2.08 bits per heavy atom. The first-order chi connectivity index (χ1) is 24.9. The molecule has 17 heteroatoms. The van der Waals surface area contributed by atoms with E-state index in [4.69, 9.17) is 42.6 Å². The summed E-state index contributed by atoms with van der Waals surface area (Å²) in [5, 5.41) is 22.7. The molecule has 2 N–H and O–H groups in total. The summed E-state index contributed by atoms with van der Waals surface area (Å²) in [6.07, 6.45) is -11.4. The van der Waals surface area contributed by atoms with Crippen LogP contribution < -0.4 is 0 Å². The first-order valence-corrected chi connectivity index (χ1v) is 18.2. The predicted octanol–water partition coefficient (Wildman–Crippen LogP) is 1.23. The maximum Gasteiger partial charge on any atom is 0.309 e. The molecule has 0 saturated carbocycles. The van der Waals surface area contributed by atoms with Gasteiger partial charge in [-0.3, -0.25) is 24.1 Å². The molecule has 308 valence electrons. The zero-order chi connectivity index (χ0) is 40.2. The Bertz CT molecular complexity index is 1160. The van der Waals surface area contributed by atoms with Crippen molar-refractivity contribution in [3.63, 3.8) is 0 Å². The van der Waals surface area contributed by atoms with Crippen LogP contribution in [0.25, 0.3) is 0 Å². The van der Waals surface area contributed by atoms with Crippen LogP contribution in [0.5, 0.6) is 0 Å². The van der Waals surface area contributed by atoms with Crippen molar-refractivity contribution in [3.8, 4) is 0 Å². The minimum Gasteiger partial charge on any atom is -0.463 e. The van der Waals surface area contributed by atoms with Crippen LogP contribution in [0.15, 0.2) is 0 Å². The fraction of sp³-hybridized carbons (Fsp3) is 0.889. The summed E-state index contributed by atoms with van der Waals surface area (Å²) in [7, 11) is 9.41. The SMILES string of the molecule is CCC(=O)O[C@@H]1CC(=O)O[C@H](C)CCN(C)C(O)[C@H](OC(C)=O)[C@H](C)C[C@H](CC(OC)OC)[C@H](O[C@@H]2O[C@H](C)[C@@H](O)[C@H](N(C)C)[C@H]2OC(C)=O)[C@H]1OC. The minimum absolute atomic E-state index is 0.00569. The molecule has 0 amide bonds. The van der Waals surface area contributed by atoms with E-state index in [0.29, 0.717) is 6.42 Å². The van der Waals surface area contributed by atoms with Crippen molar-refractivity contribution in [2.45, 2.75) is 147 Å². The van der Waals surface area contributed by atoms with Gasteiger partial charge in [-0.2, -0.15) is 0 Å². The molecule has 0 aromatic carbocycles. The Hall–Kier alpha value is -2.48. The number of ether oxygens (including phenoxy) is 9. The normalized spacial score (nSPS) is 35.5. The molecule has 0 aliphatic carbocycles. The fourth-order valence-electron chi connectivity index (χ4n) is 7.05. The Morgan fingerprint density at radius 1 is 0.943 bits per heavy atom. The van der Waals surface area contributed by atoms with Gasteiger partial charge in [0.1, 0.15) is 30.6 Å². The highest BCUT2D eigenvalue weighted by Gasteiger charge is 2.51. The molecule has 0 radical (unpaired) electrons. The number of esters is 4. The second kappa shape index (κ2) is 22.2. The number of carbonyl (C=O) groups excluding carboxylic acids is 4. The number of carbonyl (C=O) groups is 4. The molecule has 17 nitrogen and oxygen atoms in total. The third-order valence-corrected chi connectivity index (χ3v) is 9.87. The van der Waals surface area contributed by atoms with Gasteiger partial charge < -0.3 is 57.7 Å². The van der Waals surface area contributed by atoms with Crippen molar-refractivity contribution < 1.29 is 72.0 Å². The van der Waals surface area contributed by atoms with Crippen LogP contribution in [0.4, 0.5) is 0 Å². The number of hydrogen-bond acceptors (Lipinski definition) is 17. The number of rotatable bonds is 12. The molecule has 0 spiro atoms.